The second-order valence-electron chi connectivity index (χ2n) is 10.4. The SMILES string of the molecule is [C-]#[N+]c1c(NC2CCCCC2)cncc1-c1sc(C(=O)NCC(C)(C)O)nc1C(=O)N1CCC[C@@H]1C. The summed E-state index contributed by atoms with van der Waals surface area (Å²) in [5.41, 5.74) is 0.610. The van der Waals surface area contributed by atoms with E-state index in [1.807, 2.05) is 6.92 Å². The number of nitrogens with zero attached hydrogens (tertiary/aromatic N) is 4. The maximum absolute atomic E-state index is 13.6. The molecule has 192 valence electrons. The quantitative estimate of drug-likeness (QED) is 0.469. The number of carbonyl (C=O) groups is 2. The standard InChI is InChI=1S/C26H34N6O3S/c1-16-9-8-12-32(16)25(34)21-22(36-24(31-21)23(33)29-15-26(2,3)35)18-13-28-14-19(20(18)27-4)30-17-10-6-5-7-11-17/h13-14,16-17,30,35H,5-12,15H2,1-3H3,(H,29,33)/t16-/m0/s1. The first-order chi connectivity index (χ1) is 17.2. The molecule has 2 aromatic heterocycles. The molecule has 0 unspecified atom stereocenters. The van der Waals surface area contributed by atoms with Gasteiger partial charge < -0.3 is 20.6 Å². The molecule has 4 rings (SSSR count). The third-order valence-corrected chi connectivity index (χ3v) is 7.85. The van der Waals surface area contributed by atoms with E-state index in [2.05, 4.69) is 25.4 Å². The summed E-state index contributed by atoms with van der Waals surface area (Å²) < 4.78 is 0. The maximum Gasteiger partial charge on any atom is 0.280 e. The monoisotopic (exact) mass is 510 g/mol. The van der Waals surface area contributed by atoms with E-state index in [4.69, 9.17) is 6.57 Å². The maximum atomic E-state index is 13.6. The highest BCUT2D eigenvalue weighted by atomic mass is 32.1. The van der Waals surface area contributed by atoms with Crippen molar-refractivity contribution in [1.29, 1.82) is 0 Å². The average Bonchev–Trinajstić information content (AvgIpc) is 3.49. The summed E-state index contributed by atoms with van der Waals surface area (Å²) in [6.07, 6.45) is 10.7. The Morgan fingerprint density at radius 1 is 1.22 bits per heavy atom. The molecule has 1 aliphatic carbocycles. The zero-order valence-electron chi connectivity index (χ0n) is 21.1. The Kier molecular flexibility index (Phi) is 7.91. The summed E-state index contributed by atoms with van der Waals surface area (Å²) in [7, 11) is 0. The highest BCUT2D eigenvalue weighted by molar-refractivity contribution is 7.17. The Morgan fingerprint density at radius 2 is 1.97 bits per heavy atom. The number of carbonyl (C=O) groups excluding carboxylic acids is 2. The number of hydrogen-bond acceptors (Lipinski definition) is 7. The zero-order valence-corrected chi connectivity index (χ0v) is 22.0. The summed E-state index contributed by atoms with van der Waals surface area (Å²) in [6, 6.07) is 0.366. The molecule has 1 aliphatic heterocycles. The van der Waals surface area contributed by atoms with Gasteiger partial charge in [0.25, 0.3) is 11.8 Å². The van der Waals surface area contributed by atoms with Crippen molar-refractivity contribution in [3.63, 3.8) is 0 Å². The van der Waals surface area contributed by atoms with Gasteiger partial charge in [-0.15, -0.1) is 11.3 Å². The number of pyridine rings is 1. The number of anilines is 1. The molecule has 9 nitrogen and oxygen atoms in total. The minimum atomic E-state index is -1.08. The Bertz CT molecular complexity index is 1160. The van der Waals surface area contributed by atoms with E-state index in [1.165, 1.54) is 6.42 Å². The highest BCUT2D eigenvalue weighted by Crippen LogP contribution is 2.42. The Labute approximate surface area is 216 Å². The molecule has 1 saturated heterocycles. The molecule has 1 atom stereocenters. The second kappa shape index (κ2) is 10.9. The Morgan fingerprint density at radius 3 is 2.61 bits per heavy atom. The number of likely N-dealkylation sites (tertiary alicyclic amines) is 1. The lowest BCUT2D eigenvalue weighted by Gasteiger charge is -2.24. The van der Waals surface area contributed by atoms with Crippen molar-refractivity contribution in [1.82, 2.24) is 20.2 Å². The van der Waals surface area contributed by atoms with Crippen LogP contribution in [0.3, 0.4) is 0 Å². The van der Waals surface area contributed by atoms with Crippen molar-refractivity contribution in [3.8, 4) is 10.4 Å². The van der Waals surface area contributed by atoms with E-state index in [-0.39, 0.29) is 35.2 Å². The van der Waals surface area contributed by atoms with Crippen molar-refractivity contribution < 1.29 is 14.7 Å². The fourth-order valence-corrected chi connectivity index (χ4v) is 5.78. The van der Waals surface area contributed by atoms with Gasteiger partial charge in [-0.2, -0.15) is 0 Å². The molecular weight excluding hydrogens is 476 g/mol. The van der Waals surface area contributed by atoms with Crippen molar-refractivity contribution in [2.45, 2.75) is 83.4 Å². The van der Waals surface area contributed by atoms with Crippen LogP contribution in [0.2, 0.25) is 0 Å². The van der Waals surface area contributed by atoms with Crippen LogP contribution in [0.15, 0.2) is 12.4 Å². The van der Waals surface area contributed by atoms with Crippen molar-refractivity contribution in [2.75, 3.05) is 18.4 Å². The number of aromatic nitrogens is 2. The topological polar surface area (TPSA) is 112 Å². The van der Waals surface area contributed by atoms with Gasteiger partial charge in [0.15, 0.2) is 5.01 Å². The number of amides is 2. The number of hydrogen-bond donors (Lipinski definition) is 3. The molecule has 2 amide bonds. The summed E-state index contributed by atoms with van der Waals surface area (Å²) in [6.45, 7) is 13.8. The molecule has 2 fully saturated rings. The van der Waals surface area contributed by atoms with Gasteiger partial charge >= 0.3 is 0 Å². The molecule has 0 spiro atoms. The molecule has 3 N–H and O–H groups in total. The number of rotatable bonds is 7. The fourth-order valence-electron chi connectivity index (χ4n) is 4.80. The normalized spacial score (nSPS) is 18.6. The smallest absolute Gasteiger partial charge is 0.280 e. The third kappa shape index (κ3) is 5.85. The molecule has 2 aromatic rings. The molecular formula is C26H34N6O3S. The summed E-state index contributed by atoms with van der Waals surface area (Å²) >= 11 is 1.08. The largest absolute Gasteiger partial charge is 0.390 e. The molecule has 0 aromatic carbocycles. The molecule has 0 bridgehead atoms. The van der Waals surface area contributed by atoms with Crippen molar-refractivity contribution in [3.05, 3.63) is 34.5 Å². The van der Waals surface area contributed by atoms with Gasteiger partial charge in [0.05, 0.1) is 22.7 Å². The first-order valence-electron chi connectivity index (χ1n) is 12.6. The molecule has 3 heterocycles. The lowest BCUT2D eigenvalue weighted by molar-refractivity contribution is 0.0692. The van der Waals surface area contributed by atoms with E-state index in [9.17, 15) is 14.7 Å². The predicted molar refractivity (Wildman–Crippen MR) is 140 cm³/mol. The minimum absolute atomic E-state index is 0.0445. The van der Waals surface area contributed by atoms with Gasteiger partial charge in [0.1, 0.15) is 5.69 Å². The fraction of sp³-hybridized carbons (Fsp3) is 0.577. The van der Waals surface area contributed by atoms with Crippen LogP contribution in [0.5, 0.6) is 0 Å². The van der Waals surface area contributed by atoms with Gasteiger partial charge in [-0.05, 0) is 46.5 Å². The second-order valence-corrected chi connectivity index (χ2v) is 11.4. The van der Waals surface area contributed by atoms with Gasteiger partial charge in [-0.3, -0.25) is 14.6 Å². The molecule has 36 heavy (non-hydrogen) atoms. The van der Waals surface area contributed by atoms with Crippen LogP contribution in [0, 0.1) is 6.57 Å². The Hall–Kier alpha value is -3.03. The first-order valence-corrected chi connectivity index (χ1v) is 13.4. The summed E-state index contributed by atoms with van der Waals surface area (Å²) in [4.78, 5) is 41.4. The van der Waals surface area contributed by atoms with E-state index in [0.29, 0.717) is 28.4 Å². The lowest BCUT2D eigenvalue weighted by atomic mass is 9.95. The number of nitrogens with one attached hydrogen (secondary N) is 2. The molecule has 0 radical (unpaired) electrons. The summed E-state index contributed by atoms with van der Waals surface area (Å²) in [5, 5.41) is 16.3. The van der Waals surface area contributed by atoms with Crippen LogP contribution in [-0.4, -0.2) is 62.6 Å². The van der Waals surface area contributed by atoms with Crippen LogP contribution in [0.4, 0.5) is 11.4 Å². The van der Waals surface area contributed by atoms with E-state index in [1.54, 1.807) is 31.1 Å². The van der Waals surface area contributed by atoms with Crippen LogP contribution < -0.4 is 10.6 Å². The van der Waals surface area contributed by atoms with Gasteiger partial charge in [0.2, 0.25) is 5.69 Å². The van der Waals surface area contributed by atoms with E-state index in [0.717, 1.165) is 49.9 Å². The van der Waals surface area contributed by atoms with Crippen molar-refractivity contribution >= 4 is 34.5 Å². The van der Waals surface area contributed by atoms with Gasteiger partial charge in [-0.1, -0.05) is 19.3 Å². The van der Waals surface area contributed by atoms with Crippen LogP contribution in [0.1, 0.15) is 86.0 Å². The molecule has 10 heteroatoms. The number of aliphatic hydroxyl groups is 1. The van der Waals surface area contributed by atoms with Crippen LogP contribution in [-0.2, 0) is 0 Å². The third-order valence-electron chi connectivity index (χ3n) is 6.76. The van der Waals surface area contributed by atoms with E-state index >= 15 is 0 Å². The van der Waals surface area contributed by atoms with Crippen LogP contribution >= 0.6 is 11.3 Å². The first kappa shape index (κ1) is 26.0. The zero-order chi connectivity index (χ0) is 25.9. The predicted octanol–water partition coefficient (Wildman–Crippen LogP) is 4.63. The average molecular weight is 511 g/mol. The summed E-state index contributed by atoms with van der Waals surface area (Å²) in [5.74, 6) is -0.708. The van der Waals surface area contributed by atoms with E-state index < -0.39 is 11.5 Å². The van der Waals surface area contributed by atoms with Crippen molar-refractivity contribution in [2.24, 2.45) is 0 Å². The highest BCUT2D eigenvalue weighted by Gasteiger charge is 2.32. The Balaban J connectivity index is 1.74. The molecule has 2 aliphatic rings. The number of thiazole rings is 1. The van der Waals surface area contributed by atoms with Gasteiger partial charge in [-0.25, -0.2) is 9.83 Å². The minimum Gasteiger partial charge on any atom is -0.390 e. The van der Waals surface area contributed by atoms with Gasteiger partial charge in [0, 0.05) is 43.1 Å². The molecule has 1 saturated carbocycles. The van der Waals surface area contributed by atoms with Crippen LogP contribution in [0.25, 0.3) is 15.3 Å². The lowest BCUT2D eigenvalue weighted by Crippen LogP contribution is -2.38.